The topological polar surface area (TPSA) is 52.1 Å². The first-order valence-corrected chi connectivity index (χ1v) is 10.7. The van der Waals surface area contributed by atoms with Crippen LogP contribution < -0.4 is 4.74 Å². The number of fused-ring (bicyclic) bond motifs is 3. The van der Waals surface area contributed by atoms with Crippen LogP contribution in [0.5, 0.6) is 5.75 Å². The molecular formula is C29H18N2O2. The van der Waals surface area contributed by atoms with Crippen molar-refractivity contribution in [3.63, 3.8) is 0 Å². The Bertz CT molecular complexity index is 1570. The van der Waals surface area contributed by atoms with Gasteiger partial charge < -0.3 is 4.74 Å². The number of nitrogens with zero attached hydrogens (tertiary/aromatic N) is 2. The number of ether oxygens (including phenoxy) is 1. The van der Waals surface area contributed by atoms with Gasteiger partial charge in [-0.3, -0.25) is 0 Å². The van der Waals surface area contributed by atoms with Crippen LogP contribution in [-0.2, 0) is 4.79 Å². The summed E-state index contributed by atoms with van der Waals surface area (Å²) in [7, 11) is 0. The first-order valence-electron chi connectivity index (χ1n) is 10.7. The van der Waals surface area contributed by atoms with E-state index in [1.165, 1.54) is 10.8 Å². The molecule has 6 rings (SSSR count). The molecule has 33 heavy (non-hydrogen) atoms. The Morgan fingerprint density at radius 1 is 0.758 bits per heavy atom. The Morgan fingerprint density at radius 2 is 1.45 bits per heavy atom. The molecule has 0 bridgehead atoms. The van der Waals surface area contributed by atoms with Gasteiger partial charge in [-0.1, -0.05) is 85.4 Å². The van der Waals surface area contributed by atoms with Crippen molar-refractivity contribution in [2.45, 2.75) is 0 Å². The molecule has 4 aromatic carbocycles. The van der Waals surface area contributed by atoms with Crippen molar-refractivity contribution in [3.05, 3.63) is 104 Å². The number of esters is 1. The van der Waals surface area contributed by atoms with Crippen molar-refractivity contribution in [2.75, 3.05) is 0 Å². The molecule has 0 spiro atoms. The zero-order chi connectivity index (χ0) is 22.4. The van der Waals surface area contributed by atoms with Crippen LogP contribution >= 0.6 is 0 Å². The zero-order valence-corrected chi connectivity index (χ0v) is 17.7. The fourth-order valence-electron chi connectivity index (χ4n) is 4.45. The molecule has 156 valence electrons. The molecule has 0 amide bonds. The average molecular weight is 426 g/mol. The first kappa shape index (κ1) is 19.1. The average Bonchev–Trinajstić information content (AvgIpc) is 3.20. The molecule has 0 aliphatic heterocycles. The van der Waals surface area contributed by atoms with E-state index in [0.29, 0.717) is 11.6 Å². The molecule has 1 aliphatic carbocycles. The minimum absolute atomic E-state index is 0.424. The normalized spacial score (nSPS) is 11.3. The molecule has 4 heteroatoms. The monoisotopic (exact) mass is 426 g/mol. The fraction of sp³-hybridized carbons (Fsp3) is 0. The van der Waals surface area contributed by atoms with E-state index < -0.39 is 5.97 Å². The Kier molecular flexibility index (Phi) is 4.37. The lowest BCUT2D eigenvalue weighted by atomic mass is 9.99. The van der Waals surface area contributed by atoms with E-state index in [2.05, 4.69) is 55.1 Å². The summed E-state index contributed by atoms with van der Waals surface area (Å²) in [4.78, 5) is 21.7. The lowest BCUT2D eigenvalue weighted by Gasteiger charge is -2.12. The van der Waals surface area contributed by atoms with Crippen molar-refractivity contribution < 1.29 is 9.53 Å². The van der Waals surface area contributed by atoms with Crippen LogP contribution in [0.3, 0.4) is 0 Å². The summed E-state index contributed by atoms with van der Waals surface area (Å²) in [6, 6.07) is 30.1. The van der Waals surface area contributed by atoms with Gasteiger partial charge in [0, 0.05) is 28.3 Å². The Balaban J connectivity index is 1.62. The van der Waals surface area contributed by atoms with Crippen molar-refractivity contribution in [2.24, 2.45) is 0 Å². The predicted octanol–water partition coefficient (Wildman–Crippen LogP) is 6.70. The largest absolute Gasteiger partial charge is 0.423 e. The highest BCUT2D eigenvalue weighted by Gasteiger charge is 2.27. The van der Waals surface area contributed by atoms with Crippen LogP contribution in [0, 0.1) is 0 Å². The zero-order valence-electron chi connectivity index (χ0n) is 17.7. The third-order valence-electron chi connectivity index (χ3n) is 5.86. The van der Waals surface area contributed by atoms with Crippen LogP contribution in [0.15, 0.2) is 104 Å². The molecule has 0 saturated heterocycles. The quantitative estimate of drug-likeness (QED) is 0.179. The summed E-state index contributed by atoms with van der Waals surface area (Å²) >= 11 is 0. The van der Waals surface area contributed by atoms with E-state index in [1.54, 1.807) is 12.1 Å². The van der Waals surface area contributed by atoms with Gasteiger partial charge in [0.2, 0.25) is 0 Å². The molecule has 0 radical (unpaired) electrons. The van der Waals surface area contributed by atoms with Crippen LogP contribution in [0.1, 0.15) is 0 Å². The summed E-state index contributed by atoms with van der Waals surface area (Å²) in [6.45, 7) is 3.46. The van der Waals surface area contributed by atoms with Gasteiger partial charge in [-0.15, -0.1) is 0 Å². The van der Waals surface area contributed by atoms with Crippen LogP contribution in [0.25, 0.3) is 55.8 Å². The van der Waals surface area contributed by atoms with Gasteiger partial charge in [0.25, 0.3) is 0 Å². The third kappa shape index (κ3) is 3.12. The Morgan fingerprint density at radius 3 is 2.24 bits per heavy atom. The molecule has 1 aromatic heterocycles. The van der Waals surface area contributed by atoms with E-state index in [9.17, 15) is 4.79 Å². The maximum Gasteiger partial charge on any atom is 0.335 e. The van der Waals surface area contributed by atoms with Crippen molar-refractivity contribution in [3.8, 4) is 50.8 Å². The molecule has 0 fully saturated rings. The van der Waals surface area contributed by atoms with E-state index >= 15 is 0 Å². The minimum atomic E-state index is -0.505. The molecule has 0 atom stereocenters. The smallest absolute Gasteiger partial charge is 0.335 e. The van der Waals surface area contributed by atoms with Crippen LogP contribution in [0.2, 0.25) is 0 Å². The second-order valence-electron chi connectivity index (χ2n) is 7.85. The number of rotatable bonds is 4. The summed E-state index contributed by atoms with van der Waals surface area (Å²) in [5.74, 6) is 0.496. The summed E-state index contributed by atoms with van der Waals surface area (Å²) in [5.41, 5.74) is 6.90. The molecule has 5 aromatic rings. The third-order valence-corrected chi connectivity index (χ3v) is 5.86. The first-order chi connectivity index (χ1) is 16.2. The van der Waals surface area contributed by atoms with E-state index in [1.807, 2.05) is 30.3 Å². The lowest BCUT2D eigenvalue weighted by Crippen LogP contribution is -2.03. The molecule has 0 N–H and O–H groups in total. The number of benzene rings is 4. The van der Waals surface area contributed by atoms with Crippen LogP contribution in [-0.4, -0.2) is 15.9 Å². The van der Waals surface area contributed by atoms with Gasteiger partial charge in [0.1, 0.15) is 5.75 Å². The highest BCUT2D eigenvalue weighted by atomic mass is 16.5. The summed E-state index contributed by atoms with van der Waals surface area (Å²) < 4.78 is 5.32. The van der Waals surface area contributed by atoms with E-state index in [4.69, 9.17) is 14.7 Å². The van der Waals surface area contributed by atoms with Gasteiger partial charge in [-0.05, 0) is 28.5 Å². The lowest BCUT2D eigenvalue weighted by molar-refractivity contribution is -0.128. The van der Waals surface area contributed by atoms with Crippen molar-refractivity contribution >= 4 is 16.7 Å². The molecular weight excluding hydrogens is 408 g/mol. The second kappa shape index (κ2) is 7.53. The van der Waals surface area contributed by atoms with Gasteiger partial charge >= 0.3 is 5.97 Å². The van der Waals surface area contributed by atoms with Gasteiger partial charge in [-0.2, -0.15) is 0 Å². The standard InChI is InChI=1S/C29H18N2O2/c1-2-24(32)33-21-14-6-13-20(17-21)29-30-27(19-9-4-3-5-10-19)26-22-15-7-11-18-12-8-16-23(25(18)22)28(26)31-29/h2-17H,1H2. The SMILES string of the molecule is C=CC(=O)Oc1cccc(-c2nc(-c3ccccc3)c3c(n2)-c2cccc4cccc-3c24)c1. The number of hydrogen-bond donors (Lipinski definition) is 0. The van der Waals surface area contributed by atoms with Gasteiger partial charge in [-0.25, -0.2) is 14.8 Å². The summed E-state index contributed by atoms with van der Waals surface area (Å²) in [5, 5.41) is 2.38. The van der Waals surface area contributed by atoms with Crippen LogP contribution in [0.4, 0.5) is 0 Å². The number of carbonyl (C=O) groups excluding carboxylic acids is 1. The number of carbonyl (C=O) groups is 1. The van der Waals surface area contributed by atoms with Crippen molar-refractivity contribution in [1.82, 2.24) is 9.97 Å². The van der Waals surface area contributed by atoms with E-state index in [-0.39, 0.29) is 0 Å². The maximum atomic E-state index is 11.7. The van der Waals surface area contributed by atoms with Gasteiger partial charge in [0.15, 0.2) is 5.82 Å². The maximum absolute atomic E-state index is 11.7. The highest BCUT2D eigenvalue weighted by molar-refractivity contribution is 6.16. The van der Waals surface area contributed by atoms with E-state index in [0.717, 1.165) is 45.3 Å². The minimum Gasteiger partial charge on any atom is -0.423 e. The summed E-state index contributed by atoms with van der Waals surface area (Å²) in [6.07, 6.45) is 1.14. The molecule has 1 heterocycles. The Labute approximate surface area is 190 Å². The molecule has 4 nitrogen and oxygen atoms in total. The second-order valence-corrected chi connectivity index (χ2v) is 7.85. The molecule has 0 unspecified atom stereocenters. The Hall–Kier alpha value is -4.57. The fourth-order valence-corrected chi connectivity index (χ4v) is 4.45. The highest BCUT2D eigenvalue weighted by Crippen LogP contribution is 2.50. The predicted molar refractivity (Wildman–Crippen MR) is 131 cm³/mol. The molecule has 1 aliphatic rings. The number of aromatic nitrogens is 2. The van der Waals surface area contributed by atoms with Gasteiger partial charge in [0.05, 0.1) is 11.4 Å². The molecule has 0 saturated carbocycles. The van der Waals surface area contributed by atoms with Crippen molar-refractivity contribution in [1.29, 1.82) is 0 Å². The number of hydrogen-bond acceptors (Lipinski definition) is 4.